The zero-order chi connectivity index (χ0) is 30.9. The molecule has 11 nitrogen and oxygen atoms in total. The first-order valence-corrected chi connectivity index (χ1v) is 13.9. The molecule has 12 heteroatoms. The van der Waals surface area contributed by atoms with E-state index in [-0.39, 0.29) is 34.6 Å². The lowest BCUT2D eigenvalue weighted by atomic mass is 9.85. The smallest absolute Gasteiger partial charge is 0.408 e. The number of aliphatic hydroxyl groups excluding tert-OH is 1. The molecule has 0 spiro atoms. The van der Waals surface area contributed by atoms with Gasteiger partial charge in [-0.3, -0.25) is 4.79 Å². The van der Waals surface area contributed by atoms with Gasteiger partial charge < -0.3 is 39.4 Å². The van der Waals surface area contributed by atoms with Crippen LogP contribution in [0.2, 0.25) is 5.02 Å². The van der Waals surface area contributed by atoms with Crippen molar-refractivity contribution in [1.29, 1.82) is 0 Å². The molecule has 42 heavy (non-hydrogen) atoms. The van der Waals surface area contributed by atoms with E-state index in [1.165, 1.54) is 6.07 Å². The molecule has 3 atom stereocenters. The van der Waals surface area contributed by atoms with Gasteiger partial charge in [-0.05, 0) is 59.3 Å². The lowest BCUT2D eigenvalue weighted by Crippen LogP contribution is -2.50. The van der Waals surface area contributed by atoms with Crippen LogP contribution in [0.15, 0.2) is 39.5 Å². The first kappa shape index (κ1) is 31.1. The first-order chi connectivity index (χ1) is 19.7. The van der Waals surface area contributed by atoms with Crippen LogP contribution in [0.4, 0.5) is 4.79 Å². The number of nitrogens with one attached hydrogen (secondary N) is 1. The molecule has 0 aliphatic carbocycles. The van der Waals surface area contributed by atoms with Gasteiger partial charge in [0.05, 0.1) is 11.6 Å². The summed E-state index contributed by atoms with van der Waals surface area (Å²) in [6, 6.07) is 6.13. The molecule has 1 aliphatic rings. The molecule has 1 saturated heterocycles. The average molecular weight is 603 g/mol. The van der Waals surface area contributed by atoms with E-state index < -0.39 is 53.5 Å². The number of aliphatic hydroxyl groups is 1. The zero-order valence-corrected chi connectivity index (χ0v) is 24.8. The van der Waals surface area contributed by atoms with Crippen LogP contribution in [0, 0.1) is 6.92 Å². The number of hydrogen-bond donors (Lipinski definition) is 4. The van der Waals surface area contributed by atoms with Crippen molar-refractivity contribution in [2.45, 2.75) is 57.8 Å². The van der Waals surface area contributed by atoms with Crippen molar-refractivity contribution in [2.75, 3.05) is 26.7 Å². The van der Waals surface area contributed by atoms with E-state index in [9.17, 15) is 29.7 Å². The second kappa shape index (κ2) is 12.2. The number of benzene rings is 2. The van der Waals surface area contributed by atoms with Crippen molar-refractivity contribution >= 4 is 34.6 Å². The second-order valence-electron chi connectivity index (χ2n) is 11.5. The molecule has 1 aromatic heterocycles. The highest BCUT2D eigenvalue weighted by Crippen LogP contribution is 2.44. The minimum atomic E-state index is -1.41. The Bertz CT molecular complexity index is 1560. The number of phenolic OH excluding ortho intramolecular Hbond substituents is 2. The molecule has 3 aromatic rings. The number of aromatic hydroxyl groups is 2. The monoisotopic (exact) mass is 602 g/mol. The van der Waals surface area contributed by atoms with Gasteiger partial charge in [0.2, 0.25) is 0 Å². The molecule has 0 unspecified atom stereocenters. The molecular weight excluding hydrogens is 568 g/mol. The molecule has 0 bridgehead atoms. The summed E-state index contributed by atoms with van der Waals surface area (Å²) in [5.41, 5.74) is -0.0446. The van der Waals surface area contributed by atoms with Crippen molar-refractivity contribution in [2.24, 2.45) is 0 Å². The quantitative estimate of drug-likeness (QED) is 0.303. The fraction of sp³-hybridized carbons (Fsp3) is 0.433. The van der Waals surface area contributed by atoms with Gasteiger partial charge in [-0.2, -0.15) is 0 Å². The van der Waals surface area contributed by atoms with Gasteiger partial charge in [0, 0.05) is 35.7 Å². The lowest BCUT2D eigenvalue weighted by molar-refractivity contribution is -0.156. The number of alkyl carbamates (subject to hydrolysis) is 1. The first-order valence-electron chi connectivity index (χ1n) is 13.5. The van der Waals surface area contributed by atoms with Crippen molar-refractivity contribution < 1.29 is 38.8 Å². The summed E-state index contributed by atoms with van der Waals surface area (Å²) in [6.07, 6.45) is -1.41. The van der Waals surface area contributed by atoms with Crippen LogP contribution in [-0.4, -0.2) is 76.8 Å². The van der Waals surface area contributed by atoms with E-state index in [1.807, 2.05) is 24.9 Å². The van der Waals surface area contributed by atoms with Crippen LogP contribution in [0.3, 0.4) is 0 Å². The van der Waals surface area contributed by atoms with Crippen molar-refractivity contribution in [3.05, 3.63) is 56.7 Å². The Morgan fingerprint density at radius 2 is 1.93 bits per heavy atom. The topological polar surface area (TPSA) is 159 Å². The number of ether oxygens (including phenoxy) is 2. The van der Waals surface area contributed by atoms with Crippen LogP contribution >= 0.6 is 11.6 Å². The third kappa shape index (κ3) is 6.64. The number of halogens is 1. The number of amides is 1. The standard InChI is InChI=1S/C30H35ClN2O9/c1-15-7-6-8-17(26(15)31)22-12-21(37)25-20(36)11-19(35)24(27(25)40-22)16-9-10-33(5)13-23(16)41-28(38)18(14-34)32-29(39)42-30(2,3)4/h6-8,11-12,16,18,23,34-36H,9-10,13-14H2,1-5H3,(H,32,39)/t16-,18-,23+/m0/s1. The maximum absolute atomic E-state index is 13.3. The number of fused-ring (bicyclic) bond motifs is 1. The second-order valence-corrected chi connectivity index (χ2v) is 11.8. The number of esters is 1. The third-order valence-corrected chi connectivity index (χ3v) is 7.52. The largest absolute Gasteiger partial charge is 0.507 e. The van der Waals surface area contributed by atoms with Crippen molar-refractivity contribution in [3.63, 3.8) is 0 Å². The van der Waals surface area contributed by atoms with Crippen molar-refractivity contribution in [1.82, 2.24) is 10.2 Å². The number of aryl methyl sites for hydroxylation is 1. The number of likely N-dealkylation sites (tertiary alicyclic amines) is 1. The molecule has 2 heterocycles. The third-order valence-electron chi connectivity index (χ3n) is 7.01. The number of hydrogen-bond acceptors (Lipinski definition) is 10. The van der Waals surface area contributed by atoms with Crippen molar-refractivity contribution in [3.8, 4) is 22.8 Å². The Balaban J connectivity index is 1.76. The lowest BCUT2D eigenvalue weighted by Gasteiger charge is -2.37. The molecule has 1 fully saturated rings. The Kier molecular flexibility index (Phi) is 9.05. The van der Waals surface area contributed by atoms with Gasteiger partial charge in [0.15, 0.2) is 11.5 Å². The predicted octanol–water partition coefficient (Wildman–Crippen LogP) is 4.05. The molecule has 1 aliphatic heterocycles. The maximum atomic E-state index is 13.3. The molecule has 2 aromatic carbocycles. The number of carbonyl (C=O) groups is 2. The summed E-state index contributed by atoms with van der Waals surface area (Å²) < 4.78 is 17.2. The van der Waals surface area contributed by atoms with E-state index in [0.29, 0.717) is 23.6 Å². The fourth-order valence-corrected chi connectivity index (χ4v) is 5.25. The summed E-state index contributed by atoms with van der Waals surface area (Å²) in [5.74, 6) is -2.27. The number of phenols is 2. The highest BCUT2D eigenvalue weighted by atomic mass is 35.5. The normalized spacial score (nSPS) is 18.5. The Morgan fingerprint density at radius 3 is 2.60 bits per heavy atom. The summed E-state index contributed by atoms with van der Waals surface area (Å²) in [4.78, 5) is 40.5. The van der Waals surface area contributed by atoms with Gasteiger partial charge in [0.1, 0.15) is 39.9 Å². The summed E-state index contributed by atoms with van der Waals surface area (Å²) >= 11 is 6.51. The Labute approximate surface area is 247 Å². The highest BCUT2D eigenvalue weighted by molar-refractivity contribution is 6.34. The SMILES string of the molecule is Cc1cccc(-c2cc(=O)c3c(O)cc(O)c([C@H]4CCN(C)C[C@H]4OC(=O)[C@H](CO)NC(=O)OC(C)(C)C)c3o2)c1Cl. The number of nitrogens with zero attached hydrogens (tertiary/aromatic N) is 1. The number of carbonyl (C=O) groups excluding carboxylic acids is 2. The molecule has 0 radical (unpaired) electrons. The van der Waals surface area contributed by atoms with E-state index in [2.05, 4.69) is 5.32 Å². The molecular formula is C30H35ClN2O9. The Morgan fingerprint density at radius 1 is 1.21 bits per heavy atom. The van der Waals surface area contributed by atoms with E-state index in [0.717, 1.165) is 11.6 Å². The predicted molar refractivity (Wildman–Crippen MR) is 156 cm³/mol. The minimum Gasteiger partial charge on any atom is -0.507 e. The minimum absolute atomic E-state index is 0.0613. The van der Waals surface area contributed by atoms with Gasteiger partial charge in [0.25, 0.3) is 0 Å². The average Bonchev–Trinajstić information content (AvgIpc) is 2.88. The maximum Gasteiger partial charge on any atom is 0.408 e. The number of rotatable bonds is 6. The van der Waals surface area contributed by atoms with Gasteiger partial charge in [-0.15, -0.1) is 0 Å². The fourth-order valence-electron chi connectivity index (χ4n) is 5.03. The summed E-state index contributed by atoms with van der Waals surface area (Å²) in [5, 5.41) is 34.1. The summed E-state index contributed by atoms with van der Waals surface area (Å²) in [6.45, 7) is 6.83. The van der Waals surface area contributed by atoms with E-state index in [1.54, 1.807) is 32.9 Å². The molecule has 4 rings (SSSR count). The van der Waals surface area contributed by atoms with Crippen LogP contribution < -0.4 is 10.7 Å². The zero-order valence-electron chi connectivity index (χ0n) is 24.1. The van der Waals surface area contributed by atoms with Crippen LogP contribution in [0.1, 0.15) is 44.2 Å². The van der Waals surface area contributed by atoms with Crippen LogP contribution in [-0.2, 0) is 14.3 Å². The summed E-state index contributed by atoms with van der Waals surface area (Å²) in [7, 11) is 1.83. The number of piperidine rings is 1. The Hall–Kier alpha value is -3.80. The van der Waals surface area contributed by atoms with Crippen LogP contribution in [0.5, 0.6) is 11.5 Å². The number of likely N-dealkylation sites (N-methyl/N-ethyl adjacent to an activating group) is 1. The van der Waals surface area contributed by atoms with E-state index >= 15 is 0 Å². The molecule has 4 N–H and O–H groups in total. The molecule has 226 valence electrons. The van der Waals surface area contributed by atoms with Gasteiger partial charge in [-0.1, -0.05) is 23.7 Å². The van der Waals surface area contributed by atoms with Crippen LogP contribution in [0.25, 0.3) is 22.3 Å². The van der Waals surface area contributed by atoms with E-state index in [4.69, 9.17) is 25.5 Å². The van der Waals surface area contributed by atoms with Gasteiger partial charge >= 0.3 is 12.1 Å². The molecule has 0 saturated carbocycles. The van der Waals surface area contributed by atoms with Gasteiger partial charge in [-0.25, -0.2) is 9.59 Å². The highest BCUT2D eigenvalue weighted by Gasteiger charge is 2.38. The molecule has 1 amide bonds.